The van der Waals surface area contributed by atoms with Crippen molar-refractivity contribution in [2.45, 2.75) is 44.8 Å². The maximum absolute atomic E-state index is 6.11. The Kier molecular flexibility index (Phi) is 3.95. The minimum absolute atomic E-state index is 0.0301. The van der Waals surface area contributed by atoms with E-state index < -0.39 is 0 Å². The Morgan fingerprint density at radius 3 is 2.41 bits per heavy atom. The highest BCUT2D eigenvalue weighted by molar-refractivity contribution is 6.21. The van der Waals surface area contributed by atoms with Gasteiger partial charge in [-0.3, -0.25) is 0 Å². The predicted octanol–water partition coefficient (Wildman–Crippen LogP) is 3.47. The van der Waals surface area contributed by atoms with E-state index in [1.807, 2.05) is 6.92 Å². The van der Waals surface area contributed by atoms with Crippen LogP contribution in [0.5, 0.6) is 5.75 Å². The highest BCUT2D eigenvalue weighted by Crippen LogP contribution is 2.33. The van der Waals surface area contributed by atoms with Gasteiger partial charge in [-0.05, 0) is 44.0 Å². The fraction of sp³-hybridized carbons (Fsp3) is 0.571. The molecule has 0 saturated heterocycles. The number of hydrogen-bond donors (Lipinski definition) is 0. The van der Waals surface area contributed by atoms with Crippen molar-refractivity contribution in [1.82, 2.24) is 0 Å². The van der Waals surface area contributed by atoms with E-state index in [0.717, 1.165) is 12.2 Å². The maximum atomic E-state index is 6.11. The molecule has 94 valence electrons. The molecule has 2 rings (SSSR count). The summed E-state index contributed by atoms with van der Waals surface area (Å²) in [6.45, 7) is 6.81. The van der Waals surface area contributed by atoms with Crippen molar-refractivity contribution in [3.05, 3.63) is 29.3 Å². The fourth-order valence-corrected chi connectivity index (χ4v) is 2.63. The zero-order valence-corrected chi connectivity index (χ0v) is 11.3. The molecule has 1 aliphatic carbocycles. The second kappa shape index (κ2) is 5.28. The van der Waals surface area contributed by atoms with Gasteiger partial charge in [0.15, 0.2) is 0 Å². The van der Waals surface area contributed by atoms with E-state index in [2.05, 4.69) is 32.0 Å². The molecule has 0 N–H and O–H groups in total. The van der Waals surface area contributed by atoms with Gasteiger partial charge in [-0.1, -0.05) is 6.07 Å². The van der Waals surface area contributed by atoms with Crippen LogP contribution >= 0.6 is 11.6 Å². The third kappa shape index (κ3) is 2.93. The Labute approximate surface area is 108 Å². The number of aryl methyl sites for hydroxylation is 2. The van der Waals surface area contributed by atoms with Crippen molar-refractivity contribution in [3.63, 3.8) is 0 Å². The summed E-state index contributed by atoms with van der Waals surface area (Å²) < 4.78 is 11.5. The first-order valence-corrected chi connectivity index (χ1v) is 6.54. The van der Waals surface area contributed by atoms with E-state index in [1.54, 1.807) is 0 Å². The largest absolute Gasteiger partial charge is 0.488 e. The van der Waals surface area contributed by atoms with Crippen LogP contribution in [0.4, 0.5) is 0 Å². The zero-order chi connectivity index (χ0) is 12.4. The molecule has 0 aromatic heterocycles. The molecular formula is C14H19ClO2. The summed E-state index contributed by atoms with van der Waals surface area (Å²) in [6.07, 6.45) is 0.986. The second-order valence-corrected chi connectivity index (χ2v) is 5.21. The highest BCUT2D eigenvalue weighted by atomic mass is 35.5. The number of rotatable bonds is 4. The van der Waals surface area contributed by atoms with Gasteiger partial charge >= 0.3 is 0 Å². The molecule has 1 aliphatic rings. The average molecular weight is 255 g/mol. The molecule has 3 atom stereocenters. The molecule has 1 fully saturated rings. The molecule has 0 bridgehead atoms. The Hall–Kier alpha value is -0.730. The Balaban J connectivity index is 2.01. The van der Waals surface area contributed by atoms with Crippen LogP contribution in [0.3, 0.4) is 0 Å². The standard InChI is InChI=1S/C14H19ClO2/c1-4-16-14-12(15)8-13(14)17-11-6-9(2)5-10(3)7-11/h5-7,12-14H,4,8H2,1-3H3. The first kappa shape index (κ1) is 12.7. The van der Waals surface area contributed by atoms with Gasteiger partial charge in [0.2, 0.25) is 0 Å². The SMILES string of the molecule is CCOC1C(Cl)CC1Oc1cc(C)cc(C)c1. The van der Waals surface area contributed by atoms with Gasteiger partial charge in [-0.15, -0.1) is 11.6 Å². The number of ether oxygens (including phenoxy) is 2. The molecule has 3 heteroatoms. The van der Waals surface area contributed by atoms with E-state index >= 15 is 0 Å². The minimum atomic E-state index is 0.0301. The molecule has 1 saturated carbocycles. The molecule has 0 radical (unpaired) electrons. The van der Waals surface area contributed by atoms with E-state index in [9.17, 15) is 0 Å². The van der Waals surface area contributed by atoms with Gasteiger partial charge in [0.25, 0.3) is 0 Å². The number of halogens is 1. The van der Waals surface area contributed by atoms with Crippen molar-refractivity contribution in [1.29, 1.82) is 0 Å². The molecule has 0 heterocycles. The van der Waals surface area contributed by atoms with Gasteiger partial charge in [0.1, 0.15) is 18.0 Å². The minimum Gasteiger partial charge on any atom is -0.488 e. The topological polar surface area (TPSA) is 18.5 Å². The van der Waals surface area contributed by atoms with Gasteiger partial charge in [0, 0.05) is 13.0 Å². The molecular weight excluding hydrogens is 236 g/mol. The molecule has 1 aromatic carbocycles. The molecule has 3 unspecified atom stereocenters. The van der Waals surface area contributed by atoms with Crippen LogP contribution in [0, 0.1) is 13.8 Å². The smallest absolute Gasteiger partial charge is 0.128 e. The van der Waals surface area contributed by atoms with Crippen molar-refractivity contribution < 1.29 is 9.47 Å². The summed E-state index contributed by atoms with van der Waals surface area (Å²) in [4.78, 5) is 0. The first-order valence-electron chi connectivity index (χ1n) is 6.10. The molecule has 17 heavy (non-hydrogen) atoms. The van der Waals surface area contributed by atoms with Crippen LogP contribution < -0.4 is 4.74 Å². The summed E-state index contributed by atoms with van der Waals surface area (Å²) in [5.74, 6) is 0.917. The number of hydrogen-bond acceptors (Lipinski definition) is 2. The van der Waals surface area contributed by atoms with Crippen LogP contribution in [0.25, 0.3) is 0 Å². The van der Waals surface area contributed by atoms with Crippen LogP contribution in [0.1, 0.15) is 24.5 Å². The predicted molar refractivity (Wildman–Crippen MR) is 70.0 cm³/mol. The van der Waals surface area contributed by atoms with Crippen molar-refractivity contribution >= 4 is 11.6 Å². The summed E-state index contributed by atoms with van der Waals surface area (Å²) >= 11 is 6.11. The third-order valence-corrected chi connectivity index (χ3v) is 3.45. The molecule has 2 nitrogen and oxygen atoms in total. The Morgan fingerprint density at radius 2 is 1.88 bits per heavy atom. The lowest BCUT2D eigenvalue weighted by Crippen LogP contribution is -2.52. The third-order valence-electron chi connectivity index (χ3n) is 3.02. The Bertz CT molecular complexity index is 372. The quantitative estimate of drug-likeness (QED) is 0.766. The molecule has 1 aromatic rings. The highest BCUT2D eigenvalue weighted by Gasteiger charge is 2.42. The van der Waals surface area contributed by atoms with E-state index in [-0.39, 0.29) is 17.6 Å². The van der Waals surface area contributed by atoms with Gasteiger partial charge < -0.3 is 9.47 Å². The summed E-state index contributed by atoms with van der Waals surface area (Å²) in [5.41, 5.74) is 2.43. The average Bonchev–Trinajstić information content (AvgIpc) is 2.24. The van der Waals surface area contributed by atoms with Crippen LogP contribution in [0.15, 0.2) is 18.2 Å². The fourth-order valence-electron chi connectivity index (χ4n) is 2.22. The summed E-state index contributed by atoms with van der Waals surface area (Å²) in [6, 6.07) is 6.24. The van der Waals surface area contributed by atoms with Crippen molar-refractivity contribution in [3.8, 4) is 5.75 Å². The van der Waals surface area contributed by atoms with Gasteiger partial charge in [-0.2, -0.15) is 0 Å². The number of benzene rings is 1. The lowest BCUT2D eigenvalue weighted by Gasteiger charge is -2.40. The Morgan fingerprint density at radius 1 is 1.24 bits per heavy atom. The van der Waals surface area contributed by atoms with Gasteiger partial charge in [0.05, 0.1) is 5.38 Å². The van der Waals surface area contributed by atoms with E-state index in [4.69, 9.17) is 21.1 Å². The second-order valence-electron chi connectivity index (χ2n) is 4.65. The normalized spacial score (nSPS) is 27.6. The molecule has 0 spiro atoms. The molecule has 0 aliphatic heterocycles. The van der Waals surface area contributed by atoms with Crippen LogP contribution in [-0.4, -0.2) is 24.2 Å². The lowest BCUT2D eigenvalue weighted by atomic mass is 9.91. The summed E-state index contributed by atoms with van der Waals surface area (Å²) in [5, 5.41) is 0.0888. The first-order chi connectivity index (χ1) is 8.10. The van der Waals surface area contributed by atoms with Crippen molar-refractivity contribution in [2.24, 2.45) is 0 Å². The summed E-state index contributed by atoms with van der Waals surface area (Å²) in [7, 11) is 0. The monoisotopic (exact) mass is 254 g/mol. The maximum Gasteiger partial charge on any atom is 0.128 e. The van der Waals surface area contributed by atoms with E-state index in [1.165, 1.54) is 11.1 Å². The van der Waals surface area contributed by atoms with E-state index in [0.29, 0.717) is 6.61 Å². The van der Waals surface area contributed by atoms with Gasteiger partial charge in [-0.25, -0.2) is 0 Å². The lowest BCUT2D eigenvalue weighted by molar-refractivity contribution is -0.0759. The van der Waals surface area contributed by atoms with Crippen molar-refractivity contribution in [2.75, 3.05) is 6.61 Å². The zero-order valence-electron chi connectivity index (χ0n) is 10.6. The van der Waals surface area contributed by atoms with Crippen LogP contribution in [0.2, 0.25) is 0 Å². The number of alkyl halides is 1. The van der Waals surface area contributed by atoms with Crippen LogP contribution in [-0.2, 0) is 4.74 Å². The molecule has 0 amide bonds.